The molecule has 59 valence electrons. The summed E-state index contributed by atoms with van der Waals surface area (Å²) in [5, 5.41) is 0. The number of hydrogen-bond acceptors (Lipinski definition) is 2. The Morgan fingerprint density at radius 3 is 2.80 bits per heavy atom. The molecule has 1 rings (SSSR count). The molecule has 2 nitrogen and oxygen atoms in total. The first-order valence-electron chi connectivity index (χ1n) is 3.92. The third-order valence-corrected chi connectivity index (χ3v) is 2.34. The summed E-state index contributed by atoms with van der Waals surface area (Å²) in [5.41, 5.74) is 0. The van der Waals surface area contributed by atoms with Gasteiger partial charge in [-0.1, -0.05) is 0 Å². The van der Waals surface area contributed by atoms with Crippen molar-refractivity contribution in [3.05, 3.63) is 6.92 Å². The molecule has 1 fully saturated rings. The standard InChI is InChI=1S/C8H17N2/c1-4-10(3)8-5-6-9(2)7-8/h8H,1,4-7H2,2-3H3. The zero-order chi connectivity index (χ0) is 7.56. The monoisotopic (exact) mass is 141 g/mol. The number of rotatable bonds is 2. The fourth-order valence-corrected chi connectivity index (χ4v) is 1.45. The first-order chi connectivity index (χ1) is 4.74. The molecule has 0 amide bonds. The van der Waals surface area contributed by atoms with E-state index in [0.717, 1.165) is 12.6 Å². The van der Waals surface area contributed by atoms with Crippen LogP contribution in [0.15, 0.2) is 0 Å². The molecule has 0 bridgehead atoms. The Balaban J connectivity index is 2.29. The predicted molar refractivity (Wildman–Crippen MR) is 43.9 cm³/mol. The third kappa shape index (κ3) is 1.70. The fraction of sp³-hybridized carbons (Fsp3) is 0.875. The minimum Gasteiger partial charge on any atom is -0.305 e. The van der Waals surface area contributed by atoms with Gasteiger partial charge in [0.1, 0.15) is 0 Å². The van der Waals surface area contributed by atoms with Gasteiger partial charge < -0.3 is 9.80 Å². The lowest BCUT2D eigenvalue weighted by atomic mass is 10.2. The SMILES string of the molecule is [CH2]CN(C)C1CCN(C)C1. The molecule has 1 heterocycles. The molecule has 1 unspecified atom stereocenters. The van der Waals surface area contributed by atoms with E-state index in [0.29, 0.717) is 0 Å². The van der Waals surface area contributed by atoms with Crippen LogP contribution in [0.25, 0.3) is 0 Å². The van der Waals surface area contributed by atoms with Crippen LogP contribution in [0, 0.1) is 6.92 Å². The number of nitrogens with zero attached hydrogens (tertiary/aromatic N) is 2. The molecule has 0 spiro atoms. The predicted octanol–water partition coefficient (Wildman–Crippen LogP) is 0.456. The van der Waals surface area contributed by atoms with Gasteiger partial charge >= 0.3 is 0 Å². The van der Waals surface area contributed by atoms with Gasteiger partial charge in [0, 0.05) is 12.6 Å². The maximum atomic E-state index is 3.86. The van der Waals surface area contributed by atoms with Gasteiger partial charge in [-0.2, -0.15) is 0 Å². The van der Waals surface area contributed by atoms with Gasteiger partial charge in [0.25, 0.3) is 0 Å². The highest BCUT2D eigenvalue weighted by atomic mass is 15.2. The highest BCUT2D eigenvalue weighted by molar-refractivity contribution is 4.79. The molecular formula is C8H17N2. The summed E-state index contributed by atoms with van der Waals surface area (Å²) in [6.45, 7) is 7.25. The van der Waals surface area contributed by atoms with Crippen LogP contribution in [0.1, 0.15) is 6.42 Å². The van der Waals surface area contributed by atoms with E-state index in [9.17, 15) is 0 Å². The average Bonchev–Trinajstić information content (AvgIpc) is 2.34. The van der Waals surface area contributed by atoms with Crippen molar-refractivity contribution in [3.8, 4) is 0 Å². The van der Waals surface area contributed by atoms with E-state index >= 15 is 0 Å². The second kappa shape index (κ2) is 3.35. The van der Waals surface area contributed by atoms with E-state index in [4.69, 9.17) is 0 Å². The van der Waals surface area contributed by atoms with E-state index in [1.165, 1.54) is 19.5 Å². The lowest BCUT2D eigenvalue weighted by Gasteiger charge is -2.21. The van der Waals surface area contributed by atoms with Crippen LogP contribution in [-0.4, -0.2) is 49.6 Å². The summed E-state index contributed by atoms with van der Waals surface area (Å²) in [6, 6.07) is 0.752. The number of hydrogen-bond donors (Lipinski definition) is 0. The van der Waals surface area contributed by atoms with Crippen molar-refractivity contribution in [1.82, 2.24) is 9.80 Å². The molecular weight excluding hydrogens is 124 g/mol. The molecule has 0 N–H and O–H groups in total. The molecule has 1 saturated heterocycles. The van der Waals surface area contributed by atoms with Gasteiger partial charge in [-0.15, -0.1) is 0 Å². The topological polar surface area (TPSA) is 6.48 Å². The van der Waals surface area contributed by atoms with Crippen LogP contribution in [-0.2, 0) is 0 Å². The molecule has 1 radical (unpaired) electrons. The van der Waals surface area contributed by atoms with Crippen LogP contribution >= 0.6 is 0 Å². The van der Waals surface area contributed by atoms with Gasteiger partial charge in [-0.25, -0.2) is 0 Å². The van der Waals surface area contributed by atoms with E-state index in [1.807, 2.05) is 0 Å². The van der Waals surface area contributed by atoms with Gasteiger partial charge in [0.2, 0.25) is 0 Å². The van der Waals surface area contributed by atoms with Gasteiger partial charge in [0.15, 0.2) is 0 Å². The second-order valence-corrected chi connectivity index (χ2v) is 3.19. The molecule has 2 heteroatoms. The largest absolute Gasteiger partial charge is 0.305 e. The fourth-order valence-electron chi connectivity index (χ4n) is 1.45. The summed E-state index contributed by atoms with van der Waals surface area (Å²) < 4.78 is 0. The van der Waals surface area contributed by atoms with E-state index in [-0.39, 0.29) is 0 Å². The molecule has 0 aromatic heterocycles. The van der Waals surface area contributed by atoms with E-state index < -0.39 is 0 Å². The first-order valence-corrected chi connectivity index (χ1v) is 3.92. The minimum absolute atomic E-state index is 0.752. The molecule has 1 aliphatic rings. The lowest BCUT2D eigenvalue weighted by Crippen LogP contribution is -2.33. The Morgan fingerprint density at radius 1 is 1.70 bits per heavy atom. The Labute approximate surface area is 63.8 Å². The Hall–Kier alpha value is -0.0800. The van der Waals surface area contributed by atoms with Crippen LogP contribution in [0.5, 0.6) is 0 Å². The molecule has 10 heavy (non-hydrogen) atoms. The molecule has 1 aliphatic heterocycles. The van der Waals surface area contributed by atoms with Crippen molar-refractivity contribution >= 4 is 0 Å². The number of likely N-dealkylation sites (N-methyl/N-ethyl adjacent to an activating group) is 2. The maximum absolute atomic E-state index is 3.86. The highest BCUT2D eigenvalue weighted by Crippen LogP contribution is 2.11. The van der Waals surface area contributed by atoms with Crippen LogP contribution < -0.4 is 0 Å². The van der Waals surface area contributed by atoms with Gasteiger partial charge in [-0.05, 0) is 40.5 Å². The van der Waals surface area contributed by atoms with Gasteiger partial charge in [0.05, 0.1) is 0 Å². The van der Waals surface area contributed by atoms with Crippen molar-refractivity contribution in [2.45, 2.75) is 12.5 Å². The second-order valence-electron chi connectivity index (χ2n) is 3.19. The van der Waals surface area contributed by atoms with Crippen molar-refractivity contribution in [2.24, 2.45) is 0 Å². The van der Waals surface area contributed by atoms with Crippen LogP contribution in [0.3, 0.4) is 0 Å². The molecule has 0 aliphatic carbocycles. The van der Waals surface area contributed by atoms with Crippen LogP contribution in [0.2, 0.25) is 0 Å². The summed E-state index contributed by atoms with van der Waals surface area (Å²) in [7, 11) is 4.33. The quantitative estimate of drug-likeness (QED) is 0.551. The van der Waals surface area contributed by atoms with Gasteiger partial charge in [-0.3, -0.25) is 0 Å². The van der Waals surface area contributed by atoms with Crippen molar-refractivity contribution in [3.63, 3.8) is 0 Å². The summed E-state index contributed by atoms with van der Waals surface area (Å²) in [5.74, 6) is 0. The highest BCUT2D eigenvalue weighted by Gasteiger charge is 2.21. The normalized spacial score (nSPS) is 28.2. The number of likely N-dealkylation sites (tertiary alicyclic amines) is 1. The molecule has 1 atom stereocenters. The summed E-state index contributed by atoms with van der Waals surface area (Å²) in [6.07, 6.45) is 1.31. The van der Waals surface area contributed by atoms with E-state index in [1.54, 1.807) is 0 Å². The Kier molecular flexibility index (Phi) is 2.69. The minimum atomic E-state index is 0.752. The smallest absolute Gasteiger partial charge is 0.0232 e. The van der Waals surface area contributed by atoms with E-state index in [2.05, 4.69) is 30.8 Å². The summed E-state index contributed by atoms with van der Waals surface area (Å²) >= 11 is 0. The van der Waals surface area contributed by atoms with Crippen molar-refractivity contribution in [1.29, 1.82) is 0 Å². The van der Waals surface area contributed by atoms with Crippen LogP contribution in [0.4, 0.5) is 0 Å². The zero-order valence-corrected chi connectivity index (χ0v) is 7.01. The zero-order valence-electron chi connectivity index (χ0n) is 7.01. The first kappa shape index (κ1) is 8.02. The average molecular weight is 141 g/mol. The van der Waals surface area contributed by atoms with Crippen molar-refractivity contribution in [2.75, 3.05) is 33.7 Å². The lowest BCUT2D eigenvalue weighted by molar-refractivity contribution is 0.263. The Morgan fingerprint density at radius 2 is 2.40 bits per heavy atom. The van der Waals surface area contributed by atoms with Crippen molar-refractivity contribution < 1.29 is 0 Å². The molecule has 0 aromatic carbocycles. The molecule has 0 aromatic rings. The molecule has 0 saturated carbocycles. The third-order valence-electron chi connectivity index (χ3n) is 2.34. The summed E-state index contributed by atoms with van der Waals surface area (Å²) in [4.78, 5) is 4.69. The Bertz CT molecular complexity index is 103. The maximum Gasteiger partial charge on any atom is 0.0232 e.